The van der Waals surface area contributed by atoms with E-state index in [1.54, 1.807) is 35.2 Å². The third-order valence-electron chi connectivity index (χ3n) is 4.91. The molecule has 0 spiro atoms. The Hall–Kier alpha value is -2.83. The van der Waals surface area contributed by atoms with Gasteiger partial charge in [-0.3, -0.25) is 4.79 Å². The molecule has 1 aliphatic rings. The van der Waals surface area contributed by atoms with E-state index < -0.39 is 0 Å². The second-order valence-corrected chi connectivity index (χ2v) is 7.73. The maximum absolute atomic E-state index is 12.5. The number of hydrogen-bond donors (Lipinski definition) is 1. The number of carbonyl (C=O) groups is 1. The number of benzene rings is 2. The topological polar surface area (TPSA) is 64.3 Å². The highest BCUT2D eigenvalue weighted by atomic mass is 35.5. The highest BCUT2D eigenvalue weighted by Gasteiger charge is 2.19. The van der Waals surface area contributed by atoms with Gasteiger partial charge in [0.1, 0.15) is 5.69 Å². The van der Waals surface area contributed by atoms with Crippen LogP contribution in [-0.4, -0.2) is 24.1 Å². The molecule has 4 rings (SSSR count). The van der Waals surface area contributed by atoms with Crippen LogP contribution in [0.3, 0.4) is 0 Å². The number of halogens is 2. The van der Waals surface area contributed by atoms with E-state index in [0.29, 0.717) is 28.0 Å². The maximum Gasteiger partial charge on any atom is 0.289 e. The summed E-state index contributed by atoms with van der Waals surface area (Å²) in [6, 6.07) is 12.7. The Balaban J connectivity index is 1.38. The Bertz CT molecular complexity index is 1090. The second kappa shape index (κ2) is 8.90. The summed E-state index contributed by atoms with van der Waals surface area (Å²) in [5.41, 5.74) is 2.48. The van der Waals surface area contributed by atoms with Gasteiger partial charge in [0.25, 0.3) is 12.1 Å². The summed E-state index contributed by atoms with van der Waals surface area (Å²) in [7, 11) is 0. The number of hydrogen-bond acceptors (Lipinski definition) is 5. The monoisotopic (exact) mass is 444 g/mol. The van der Waals surface area contributed by atoms with Crippen molar-refractivity contribution in [2.24, 2.45) is 0 Å². The molecule has 0 radical (unpaired) electrons. The molecule has 154 valence electrons. The molecule has 0 bridgehead atoms. The van der Waals surface area contributed by atoms with E-state index in [1.807, 2.05) is 25.1 Å². The molecule has 2 heterocycles. The molecule has 30 heavy (non-hydrogen) atoms. The average Bonchev–Trinajstić information content (AvgIpc) is 3.21. The van der Waals surface area contributed by atoms with Crippen molar-refractivity contribution in [2.45, 2.75) is 19.9 Å². The molecule has 3 aromatic rings. The maximum atomic E-state index is 12.5. The van der Waals surface area contributed by atoms with Gasteiger partial charge in [0.2, 0.25) is 12.6 Å². The molecule has 1 N–H and O–H groups in total. The number of ether oxygens (including phenoxy) is 2. The molecule has 6 nitrogen and oxygen atoms in total. The minimum absolute atomic E-state index is 0.0406. The van der Waals surface area contributed by atoms with Gasteiger partial charge in [-0.1, -0.05) is 29.3 Å². The molecule has 1 aromatic heterocycles. The van der Waals surface area contributed by atoms with Crippen molar-refractivity contribution < 1.29 is 18.8 Å². The van der Waals surface area contributed by atoms with Crippen LogP contribution in [-0.2, 0) is 13.0 Å². The first-order chi connectivity index (χ1) is 14.5. The predicted molar refractivity (Wildman–Crippen MR) is 115 cm³/mol. The lowest BCUT2D eigenvalue weighted by Crippen LogP contribution is -2.41. The van der Waals surface area contributed by atoms with Crippen molar-refractivity contribution in [1.29, 1.82) is 0 Å². The van der Waals surface area contributed by atoms with Crippen LogP contribution in [0.2, 0.25) is 10.0 Å². The van der Waals surface area contributed by atoms with Crippen LogP contribution in [0.25, 0.3) is 0 Å². The van der Waals surface area contributed by atoms with Crippen LogP contribution in [0.5, 0.6) is 11.5 Å². The number of carbonyl (C=O) groups excluding carboxylic acids is 1. The van der Waals surface area contributed by atoms with Crippen LogP contribution in [0.1, 0.15) is 21.6 Å². The summed E-state index contributed by atoms with van der Waals surface area (Å²) in [4.78, 5) is 16.9. The smallest absolute Gasteiger partial charge is 0.289 e. The Labute approximate surface area is 184 Å². The summed E-state index contributed by atoms with van der Waals surface area (Å²) in [6.07, 6.45) is 2.40. The Kier molecular flexibility index (Phi) is 6.06. The first kappa shape index (κ1) is 20.4. The second-order valence-electron chi connectivity index (χ2n) is 6.91. The fourth-order valence-corrected chi connectivity index (χ4v) is 3.50. The van der Waals surface area contributed by atoms with Crippen molar-refractivity contribution in [1.82, 2.24) is 4.98 Å². The van der Waals surface area contributed by atoms with Gasteiger partial charge in [-0.25, -0.2) is 4.57 Å². The average molecular weight is 445 g/mol. The highest BCUT2D eigenvalue weighted by Crippen LogP contribution is 2.32. The fourth-order valence-electron chi connectivity index (χ4n) is 3.15. The molecule has 2 aromatic carbocycles. The van der Waals surface area contributed by atoms with Gasteiger partial charge < -0.3 is 14.8 Å². The molecule has 0 saturated carbocycles. The molecule has 0 unspecified atom stereocenters. The minimum Gasteiger partial charge on any atom is -0.454 e. The zero-order valence-electron chi connectivity index (χ0n) is 16.3. The molecular weight excluding hydrogens is 425 g/mol. The zero-order chi connectivity index (χ0) is 21.1. The van der Waals surface area contributed by atoms with Crippen LogP contribution < -0.4 is 19.4 Å². The number of anilines is 1. The summed E-state index contributed by atoms with van der Waals surface area (Å²) in [5.74, 6) is 2.09. The Morgan fingerprint density at radius 2 is 1.90 bits per heavy atom. The van der Waals surface area contributed by atoms with Crippen molar-refractivity contribution in [3.05, 3.63) is 75.7 Å². The van der Waals surface area contributed by atoms with Crippen molar-refractivity contribution >= 4 is 34.8 Å². The van der Waals surface area contributed by atoms with E-state index in [9.17, 15) is 4.79 Å². The number of Topliss-reactive ketones (excluding diaryl/α,β-unsaturated/α-hetero) is 1. The number of fused-ring (bicyclic) bond motifs is 1. The largest absolute Gasteiger partial charge is 0.454 e. The van der Waals surface area contributed by atoms with Crippen molar-refractivity contribution in [3.63, 3.8) is 0 Å². The van der Waals surface area contributed by atoms with Crippen LogP contribution >= 0.6 is 23.2 Å². The van der Waals surface area contributed by atoms with Gasteiger partial charge >= 0.3 is 0 Å². The van der Waals surface area contributed by atoms with Gasteiger partial charge in [-0.05, 0) is 60.3 Å². The van der Waals surface area contributed by atoms with Crippen LogP contribution in [0, 0.1) is 6.92 Å². The number of nitrogens with one attached hydrogen (secondary N) is 1. The number of nitrogens with zero attached hydrogens (tertiary/aromatic N) is 2. The molecular formula is C22H20Cl2N3O3+. The number of rotatable bonds is 7. The van der Waals surface area contributed by atoms with E-state index in [0.717, 1.165) is 29.2 Å². The van der Waals surface area contributed by atoms with Crippen molar-refractivity contribution in [2.75, 3.05) is 18.7 Å². The molecule has 0 amide bonds. The van der Waals surface area contributed by atoms with Crippen LogP contribution in [0.4, 0.5) is 5.82 Å². The van der Waals surface area contributed by atoms with E-state index in [1.165, 1.54) is 0 Å². The molecule has 0 aliphatic carbocycles. The lowest BCUT2D eigenvalue weighted by Gasteiger charge is -2.08. The number of aromatic nitrogens is 2. The zero-order valence-corrected chi connectivity index (χ0v) is 17.8. The summed E-state index contributed by atoms with van der Waals surface area (Å²) in [5, 5.41) is 4.35. The summed E-state index contributed by atoms with van der Waals surface area (Å²) >= 11 is 12.4. The van der Waals surface area contributed by atoms with Gasteiger partial charge in [0.05, 0.1) is 0 Å². The van der Waals surface area contributed by atoms with E-state index in [-0.39, 0.29) is 19.1 Å². The molecule has 1 aliphatic heterocycles. The van der Waals surface area contributed by atoms with Gasteiger partial charge in [0.15, 0.2) is 23.1 Å². The normalized spacial score (nSPS) is 12.1. The van der Waals surface area contributed by atoms with Gasteiger partial charge in [0, 0.05) is 17.1 Å². The van der Waals surface area contributed by atoms with Gasteiger partial charge in [-0.2, -0.15) is 0 Å². The summed E-state index contributed by atoms with van der Waals surface area (Å²) in [6.45, 7) is 2.93. The minimum atomic E-state index is -0.0406. The third kappa shape index (κ3) is 4.50. The first-order valence-electron chi connectivity index (χ1n) is 9.47. The van der Waals surface area contributed by atoms with E-state index in [4.69, 9.17) is 32.7 Å². The van der Waals surface area contributed by atoms with E-state index >= 15 is 0 Å². The highest BCUT2D eigenvalue weighted by molar-refractivity contribution is 6.33. The first-order valence-corrected chi connectivity index (χ1v) is 10.2. The van der Waals surface area contributed by atoms with Crippen molar-refractivity contribution in [3.8, 4) is 11.5 Å². The lowest BCUT2D eigenvalue weighted by molar-refractivity contribution is -0.691. The Morgan fingerprint density at radius 1 is 1.13 bits per heavy atom. The quantitative estimate of drug-likeness (QED) is 0.435. The predicted octanol–water partition coefficient (Wildman–Crippen LogP) is 4.25. The fraction of sp³-hybridized carbons (Fsp3) is 0.227. The third-order valence-corrected chi connectivity index (χ3v) is 5.61. The SMILES string of the molecule is Cc1c(Cl)c(NCCc2ccc3c(c2)OCO3)nc[n+]1CC(=O)c1ccc(Cl)cc1. The molecule has 8 heteroatoms. The van der Waals surface area contributed by atoms with E-state index in [2.05, 4.69) is 10.3 Å². The standard InChI is InChI=1S/C22H19Cl2N3O3/c1-14-21(24)22(25-9-8-15-2-7-19-20(10-15)30-13-29-19)26-12-27(14)11-18(28)16-3-5-17(23)6-4-16/h2-7,10,12H,8-9,11,13H2,1H3/p+1. The molecule has 0 atom stereocenters. The number of ketones is 1. The molecule has 0 fully saturated rings. The Morgan fingerprint density at radius 3 is 2.70 bits per heavy atom. The lowest BCUT2D eigenvalue weighted by atomic mass is 10.1. The van der Waals surface area contributed by atoms with Gasteiger partial charge in [-0.15, -0.1) is 0 Å². The van der Waals surface area contributed by atoms with Crippen LogP contribution in [0.15, 0.2) is 48.8 Å². The molecule has 0 saturated heterocycles. The summed E-state index contributed by atoms with van der Waals surface area (Å²) < 4.78 is 12.5.